The van der Waals surface area contributed by atoms with Crippen LogP contribution in [0.1, 0.15) is 5.56 Å². The van der Waals surface area contributed by atoms with E-state index in [0.29, 0.717) is 27.5 Å². The van der Waals surface area contributed by atoms with Crippen LogP contribution in [0.4, 0.5) is 17.3 Å². The van der Waals surface area contributed by atoms with E-state index < -0.39 is 0 Å². The Kier molecular flexibility index (Phi) is 3.01. The Labute approximate surface area is 103 Å². The molecular weight excluding hydrogens is 236 g/mol. The highest BCUT2D eigenvalue weighted by Gasteiger charge is 2.08. The molecule has 0 bridgehead atoms. The minimum absolute atomic E-state index is 0.325. The highest BCUT2D eigenvalue weighted by molar-refractivity contribution is 7.99. The lowest BCUT2D eigenvalue weighted by Crippen LogP contribution is -2.00. The Balaban J connectivity index is 2.34. The van der Waals surface area contributed by atoms with E-state index in [1.807, 2.05) is 13.0 Å². The molecule has 6 nitrogen and oxygen atoms in total. The van der Waals surface area contributed by atoms with Gasteiger partial charge in [0.05, 0.1) is 5.69 Å². The predicted octanol–water partition coefficient (Wildman–Crippen LogP) is 1.08. The van der Waals surface area contributed by atoms with Crippen molar-refractivity contribution in [2.45, 2.75) is 17.1 Å². The number of nitrogen functional groups attached to an aromatic ring is 3. The summed E-state index contributed by atoms with van der Waals surface area (Å²) in [4.78, 5) is 12.3. The van der Waals surface area contributed by atoms with E-state index in [9.17, 15) is 0 Å². The standard InChI is InChI=1S/C10H12N6S/c1-5-2-3-14-9(8(5)13)17-10-15-6(11)4-7(12)16-10/h2-4H,13H2,1H3,(H4,11,12,15,16). The van der Waals surface area contributed by atoms with Crippen LogP contribution in [0.3, 0.4) is 0 Å². The summed E-state index contributed by atoms with van der Waals surface area (Å²) in [6, 6.07) is 3.34. The van der Waals surface area contributed by atoms with Crippen LogP contribution >= 0.6 is 11.8 Å². The summed E-state index contributed by atoms with van der Waals surface area (Å²) >= 11 is 1.24. The summed E-state index contributed by atoms with van der Waals surface area (Å²) in [6.45, 7) is 1.91. The molecule has 0 fully saturated rings. The maximum atomic E-state index is 5.91. The van der Waals surface area contributed by atoms with Crippen molar-refractivity contribution in [2.75, 3.05) is 17.2 Å². The van der Waals surface area contributed by atoms with Gasteiger partial charge in [-0.15, -0.1) is 0 Å². The van der Waals surface area contributed by atoms with Gasteiger partial charge in [0.25, 0.3) is 0 Å². The van der Waals surface area contributed by atoms with Gasteiger partial charge in [-0.3, -0.25) is 0 Å². The smallest absolute Gasteiger partial charge is 0.197 e. The van der Waals surface area contributed by atoms with Crippen LogP contribution in [0, 0.1) is 6.92 Å². The van der Waals surface area contributed by atoms with Crippen LogP contribution in [0.5, 0.6) is 0 Å². The maximum absolute atomic E-state index is 5.91. The van der Waals surface area contributed by atoms with E-state index >= 15 is 0 Å². The summed E-state index contributed by atoms with van der Waals surface area (Å²) in [5, 5.41) is 1.09. The number of nitrogens with two attached hydrogens (primary N) is 3. The molecule has 0 aromatic carbocycles. The first kappa shape index (κ1) is 11.5. The normalized spacial score (nSPS) is 10.4. The molecule has 0 unspecified atom stereocenters. The molecule has 0 saturated carbocycles. The second kappa shape index (κ2) is 4.46. The van der Waals surface area contributed by atoms with Gasteiger partial charge >= 0.3 is 0 Å². The zero-order chi connectivity index (χ0) is 12.4. The van der Waals surface area contributed by atoms with Crippen molar-refractivity contribution in [2.24, 2.45) is 0 Å². The molecule has 0 aliphatic rings. The fourth-order valence-corrected chi connectivity index (χ4v) is 2.08. The average molecular weight is 248 g/mol. The summed E-state index contributed by atoms with van der Waals surface area (Å²) in [5.41, 5.74) is 18.6. The lowest BCUT2D eigenvalue weighted by atomic mass is 10.3. The number of hydrogen-bond donors (Lipinski definition) is 3. The number of anilines is 3. The number of rotatable bonds is 2. The number of hydrogen-bond acceptors (Lipinski definition) is 7. The molecule has 2 aromatic rings. The molecule has 7 heteroatoms. The molecule has 2 aromatic heterocycles. The predicted molar refractivity (Wildman–Crippen MR) is 68.4 cm³/mol. The molecule has 0 aliphatic carbocycles. The second-order valence-electron chi connectivity index (χ2n) is 3.45. The molecule has 6 N–H and O–H groups in total. The highest BCUT2D eigenvalue weighted by Crippen LogP contribution is 2.30. The molecule has 2 rings (SSSR count). The van der Waals surface area contributed by atoms with Crippen molar-refractivity contribution in [1.82, 2.24) is 15.0 Å². The van der Waals surface area contributed by atoms with Crippen molar-refractivity contribution >= 4 is 29.1 Å². The summed E-state index contributed by atoms with van der Waals surface area (Å²) in [5.74, 6) is 0.650. The summed E-state index contributed by atoms with van der Waals surface area (Å²) < 4.78 is 0. The average Bonchev–Trinajstić information content (AvgIpc) is 2.23. The highest BCUT2D eigenvalue weighted by atomic mass is 32.2. The Hall–Kier alpha value is -2.02. The molecule has 88 valence electrons. The van der Waals surface area contributed by atoms with E-state index in [2.05, 4.69) is 15.0 Å². The topological polar surface area (TPSA) is 117 Å². The van der Waals surface area contributed by atoms with Gasteiger partial charge in [0.15, 0.2) is 5.16 Å². The Morgan fingerprint density at radius 1 is 1.12 bits per heavy atom. The fourth-order valence-electron chi connectivity index (χ4n) is 1.22. The minimum Gasteiger partial charge on any atom is -0.396 e. The third-order valence-corrected chi connectivity index (χ3v) is 2.99. The van der Waals surface area contributed by atoms with Gasteiger partial charge in [0, 0.05) is 12.3 Å². The van der Waals surface area contributed by atoms with Crippen molar-refractivity contribution in [1.29, 1.82) is 0 Å². The van der Waals surface area contributed by atoms with Crippen LogP contribution in [0.25, 0.3) is 0 Å². The lowest BCUT2D eigenvalue weighted by Gasteiger charge is -2.06. The SMILES string of the molecule is Cc1ccnc(Sc2nc(N)cc(N)n2)c1N. The minimum atomic E-state index is 0.325. The number of nitrogens with zero attached hydrogens (tertiary/aromatic N) is 3. The van der Waals surface area contributed by atoms with Gasteiger partial charge in [0.1, 0.15) is 16.7 Å². The Morgan fingerprint density at radius 2 is 1.76 bits per heavy atom. The van der Waals surface area contributed by atoms with Gasteiger partial charge < -0.3 is 17.2 Å². The van der Waals surface area contributed by atoms with Crippen LogP contribution in [0.2, 0.25) is 0 Å². The van der Waals surface area contributed by atoms with Crippen molar-refractivity contribution < 1.29 is 0 Å². The number of pyridine rings is 1. The Bertz CT molecular complexity index is 536. The lowest BCUT2D eigenvalue weighted by molar-refractivity contribution is 0.977. The molecular formula is C10H12N6S. The molecule has 0 atom stereocenters. The van der Waals surface area contributed by atoms with Crippen LogP contribution < -0.4 is 17.2 Å². The first-order chi connectivity index (χ1) is 8.06. The fraction of sp³-hybridized carbons (Fsp3) is 0.100. The molecule has 0 radical (unpaired) electrons. The molecule has 0 saturated heterocycles. The first-order valence-electron chi connectivity index (χ1n) is 4.85. The van der Waals surface area contributed by atoms with Gasteiger partial charge in [-0.2, -0.15) is 0 Å². The third kappa shape index (κ3) is 2.56. The van der Waals surface area contributed by atoms with Gasteiger partial charge in [0.2, 0.25) is 0 Å². The zero-order valence-electron chi connectivity index (χ0n) is 9.21. The maximum Gasteiger partial charge on any atom is 0.197 e. The Morgan fingerprint density at radius 3 is 2.41 bits per heavy atom. The molecule has 0 aliphatic heterocycles. The second-order valence-corrected chi connectivity index (χ2v) is 4.40. The van der Waals surface area contributed by atoms with E-state index in [0.717, 1.165) is 5.56 Å². The van der Waals surface area contributed by atoms with Crippen molar-refractivity contribution in [3.63, 3.8) is 0 Å². The van der Waals surface area contributed by atoms with Crippen molar-refractivity contribution in [3.8, 4) is 0 Å². The van der Waals surface area contributed by atoms with Gasteiger partial charge in [-0.25, -0.2) is 15.0 Å². The van der Waals surface area contributed by atoms with Crippen LogP contribution in [0.15, 0.2) is 28.5 Å². The van der Waals surface area contributed by atoms with Crippen LogP contribution in [-0.2, 0) is 0 Å². The molecule has 0 spiro atoms. The van der Waals surface area contributed by atoms with Crippen molar-refractivity contribution in [3.05, 3.63) is 23.9 Å². The largest absolute Gasteiger partial charge is 0.396 e. The molecule has 17 heavy (non-hydrogen) atoms. The molecule has 0 amide bonds. The van der Waals surface area contributed by atoms with Gasteiger partial charge in [-0.05, 0) is 30.3 Å². The summed E-state index contributed by atoms with van der Waals surface area (Å²) in [7, 11) is 0. The monoisotopic (exact) mass is 248 g/mol. The number of aryl methyl sites for hydroxylation is 1. The van der Waals surface area contributed by atoms with E-state index in [1.165, 1.54) is 17.8 Å². The first-order valence-corrected chi connectivity index (χ1v) is 5.67. The van der Waals surface area contributed by atoms with Crippen LogP contribution in [-0.4, -0.2) is 15.0 Å². The van der Waals surface area contributed by atoms with Gasteiger partial charge in [-0.1, -0.05) is 0 Å². The molecule has 2 heterocycles. The summed E-state index contributed by atoms with van der Waals surface area (Å²) in [6.07, 6.45) is 1.68. The van der Waals surface area contributed by atoms with E-state index in [-0.39, 0.29) is 0 Å². The van der Waals surface area contributed by atoms with E-state index in [1.54, 1.807) is 6.20 Å². The van der Waals surface area contributed by atoms with E-state index in [4.69, 9.17) is 17.2 Å². The number of aromatic nitrogens is 3. The zero-order valence-corrected chi connectivity index (χ0v) is 10.0. The quantitative estimate of drug-likeness (QED) is 0.680. The third-order valence-electron chi connectivity index (χ3n) is 2.10.